The summed E-state index contributed by atoms with van der Waals surface area (Å²) in [7, 11) is 0. The van der Waals surface area contributed by atoms with Crippen LogP contribution in [0.1, 0.15) is 24.2 Å². The molecule has 27 heavy (non-hydrogen) atoms. The molecule has 142 valence electrons. The summed E-state index contributed by atoms with van der Waals surface area (Å²) in [6.07, 6.45) is 1.24. The zero-order valence-corrected chi connectivity index (χ0v) is 14.4. The Labute approximate surface area is 152 Å². The van der Waals surface area contributed by atoms with Gasteiger partial charge in [0.2, 0.25) is 5.88 Å². The first-order valence-electron chi connectivity index (χ1n) is 7.73. The van der Waals surface area contributed by atoms with Gasteiger partial charge in [0.25, 0.3) is 17.3 Å². The van der Waals surface area contributed by atoms with E-state index in [0.29, 0.717) is 6.61 Å². The monoisotopic (exact) mass is 377 g/mol. The van der Waals surface area contributed by atoms with Crippen LogP contribution in [0.15, 0.2) is 24.4 Å². The Morgan fingerprint density at radius 3 is 2.19 bits per heavy atom. The minimum atomic E-state index is -0.824. The third kappa shape index (κ3) is 4.84. The number of aromatic nitrogens is 2. The molecule has 0 spiro atoms. The topological polar surface area (TPSA) is 160 Å². The van der Waals surface area contributed by atoms with Gasteiger partial charge < -0.3 is 14.8 Å². The first-order valence-corrected chi connectivity index (χ1v) is 7.73. The third-order valence-electron chi connectivity index (χ3n) is 3.12. The number of non-ortho nitro benzene ring substituents is 2. The van der Waals surface area contributed by atoms with Gasteiger partial charge in [-0.1, -0.05) is 0 Å². The van der Waals surface area contributed by atoms with E-state index in [9.17, 15) is 25.0 Å². The van der Waals surface area contributed by atoms with Gasteiger partial charge in [0.05, 0.1) is 40.9 Å². The molecule has 0 aliphatic heterocycles. The van der Waals surface area contributed by atoms with Crippen molar-refractivity contribution in [2.45, 2.75) is 13.8 Å². The first-order chi connectivity index (χ1) is 12.8. The first kappa shape index (κ1) is 19.5. The maximum absolute atomic E-state index is 12.4. The molecule has 1 heterocycles. The summed E-state index contributed by atoms with van der Waals surface area (Å²) in [6.45, 7) is 4.02. The average molecular weight is 377 g/mol. The molecule has 1 aromatic heterocycles. The zero-order valence-electron chi connectivity index (χ0n) is 14.4. The molecule has 1 N–H and O–H groups in total. The molecule has 0 aliphatic carbocycles. The van der Waals surface area contributed by atoms with Gasteiger partial charge in [0, 0.05) is 12.1 Å². The van der Waals surface area contributed by atoms with Gasteiger partial charge in [-0.15, -0.1) is 0 Å². The van der Waals surface area contributed by atoms with Gasteiger partial charge in [0.15, 0.2) is 0 Å². The molecule has 1 amide bonds. The average Bonchev–Trinajstić information content (AvgIpc) is 2.63. The molecule has 0 atom stereocenters. The molecule has 0 unspecified atom stereocenters. The van der Waals surface area contributed by atoms with Crippen LogP contribution in [0.25, 0.3) is 0 Å². The summed E-state index contributed by atoms with van der Waals surface area (Å²) in [6, 6.07) is 2.67. The molecule has 2 aromatic rings. The second kappa shape index (κ2) is 8.51. The van der Waals surface area contributed by atoms with E-state index in [1.165, 1.54) is 6.20 Å². The predicted octanol–water partition coefficient (Wildman–Crippen LogP) is 2.34. The lowest BCUT2D eigenvalue weighted by Gasteiger charge is -2.11. The van der Waals surface area contributed by atoms with E-state index >= 15 is 0 Å². The fraction of sp³-hybridized carbons (Fsp3) is 0.267. The molecule has 0 radical (unpaired) electrons. The quantitative estimate of drug-likeness (QED) is 0.538. The van der Waals surface area contributed by atoms with Crippen LogP contribution in [-0.2, 0) is 0 Å². The van der Waals surface area contributed by atoms with Crippen LogP contribution in [0.5, 0.6) is 11.9 Å². The van der Waals surface area contributed by atoms with E-state index in [2.05, 4.69) is 15.3 Å². The molecule has 12 heteroatoms. The highest BCUT2D eigenvalue weighted by Crippen LogP contribution is 2.26. The Kier molecular flexibility index (Phi) is 6.14. The highest BCUT2D eigenvalue weighted by molar-refractivity contribution is 6.05. The van der Waals surface area contributed by atoms with Gasteiger partial charge >= 0.3 is 6.01 Å². The number of nitro groups is 2. The number of nitrogens with one attached hydrogen (secondary N) is 1. The summed E-state index contributed by atoms with van der Waals surface area (Å²) < 4.78 is 10.5. The Balaban J connectivity index is 2.36. The smallest absolute Gasteiger partial charge is 0.319 e. The van der Waals surface area contributed by atoms with Gasteiger partial charge in [-0.2, -0.15) is 4.98 Å². The minimum Gasteiger partial charge on any atom is -0.476 e. The summed E-state index contributed by atoms with van der Waals surface area (Å²) in [5.41, 5.74) is -1.35. The molecule has 2 rings (SSSR count). The van der Waals surface area contributed by atoms with Crippen LogP contribution in [-0.4, -0.2) is 38.9 Å². The van der Waals surface area contributed by atoms with Crippen molar-refractivity contribution in [2.75, 3.05) is 18.5 Å². The number of benzene rings is 1. The molecule has 0 saturated carbocycles. The lowest BCUT2D eigenvalue weighted by molar-refractivity contribution is -0.394. The SMILES string of the molecule is CCOc1ncc(NC(=O)c2cc([N+](=O)[O-])cc([N+](=O)[O-])c2)c(OCC)n1. The molecule has 0 aliphatic rings. The molecular weight excluding hydrogens is 362 g/mol. The van der Waals surface area contributed by atoms with Crippen molar-refractivity contribution in [1.82, 2.24) is 9.97 Å². The van der Waals surface area contributed by atoms with Gasteiger partial charge in [-0.3, -0.25) is 25.0 Å². The molecule has 0 saturated heterocycles. The number of hydrogen-bond acceptors (Lipinski definition) is 9. The van der Waals surface area contributed by atoms with E-state index in [-0.39, 0.29) is 29.7 Å². The third-order valence-corrected chi connectivity index (χ3v) is 3.12. The number of carbonyl (C=O) groups excluding carboxylic acids is 1. The normalized spacial score (nSPS) is 10.1. The molecule has 0 bridgehead atoms. The Hall–Kier alpha value is -3.83. The van der Waals surface area contributed by atoms with Crippen LogP contribution >= 0.6 is 0 Å². The minimum absolute atomic E-state index is 0.0317. The summed E-state index contributed by atoms with van der Waals surface area (Å²) >= 11 is 0. The van der Waals surface area contributed by atoms with Crippen molar-refractivity contribution in [3.63, 3.8) is 0 Å². The Morgan fingerprint density at radius 2 is 1.67 bits per heavy atom. The van der Waals surface area contributed by atoms with Gasteiger partial charge in [-0.25, -0.2) is 4.98 Å². The number of rotatable bonds is 8. The zero-order chi connectivity index (χ0) is 20.0. The number of nitro benzene ring substituents is 2. The lowest BCUT2D eigenvalue weighted by atomic mass is 10.1. The molecule has 0 fully saturated rings. The molecule has 1 aromatic carbocycles. The second-order valence-corrected chi connectivity index (χ2v) is 4.94. The number of ether oxygens (including phenoxy) is 2. The van der Waals surface area contributed by atoms with Gasteiger partial charge in [-0.05, 0) is 13.8 Å². The summed E-state index contributed by atoms with van der Waals surface area (Å²) in [5.74, 6) is -0.792. The molecule has 12 nitrogen and oxygen atoms in total. The number of amides is 1. The van der Waals surface area contributed by atoms with E-state index in [1.807, 2.05) is 0 Å². The van der Waals surface area contributed by atoms with E-state index in [1.54, 1.807) is 13.8 Å². The predicted molar refractivity (Wildman–Crippen MR) is 92.1 cm³/mol. The van der Waals surface area contributed by atoms with Crippen molar-refractivity contribution in [3.05, 3.63) is 50.2 Å². The number of anilines is 1. The maximum atomic E-state index is 12.4. The van der Waals surface area contributed by atoms with Crippen molar-refractivity contribution in [2.24, 2.45) is 0 Å². The van der Waals surface area contributed by atoms with Gasteiger partial charge in [0.1, 0.15) is 5.69 Å². The molecular formula is C15H15N5O7. The Bertz CT molecular complexity index is 855. The van der Waals surface area contributed by atoms with Crippen LogP contribution < -0.4 is 14.8 Å². The number of hydrogen-bond donors (Lipinski definition) is 1. The van der Waals surface area contributed by atoms with E-state index < -0.39 is 27.1 Å². The van der Waals surface area contributed by atoms with Crippen molar-refractivity contribution >= 4 is 23.0 Å². The standard InChI is InChI=1S/C15H15N5O7/c1-3-26-14-12(8-16-15(18-14)27-4-2)17-13(21)9-5-10(19(22)23)7-11(6-9)20(24)25/h5-8H,3-4H2,1-2H3,(H,17,21). The van der Waals surface area contributed by atoms with E-state index in [4.69, 9.17) is 9.47 Å². The number of carbonyl (C=O) groups is 1. The number of nitrogens with zero attached hydrogens (tertiary/aromatic N) is 4. The fourth-order valence-corrected chi connectivity index (χ4v) is 2.01. The largest absolute Gasteiger partial charge is 0.476 e. The van der Waals surface area contributed by atoms with Crippen LogP contribution in [0.2, 0.25) is 0 Å². The van der Waals surface area contributed by atoms with Crippen molar-refractivity contribution in [1.29, 1.82) is 0 Å². The summed E-state index contributed by atoms with van der Waals surface area (Å²) in [5, 5.41) is 24.3. The van der Waals surface area contributed by atoms with Crippen LogP contribution in [0, 0.1) is 20.2 Å². The van der Waals surface area contributed by atoms with E-state index in [0.717, 1.165) is 18.2 Å². The lowest BCUT2D eigenvalue weighted by Crippen LogP contribution is -2.15. The van der Waals surface area contributed by atoms with Crippen molar-refractivity contribution < 1.29 is 24.1 Å². The highest BCUT2D eigenvalue weighted by atomic mass is 16.6. The van der Waals surface area contributed by atoms with Crippen LogP contribution in [0.3, 0.4) is 0 Å². The van der Waals surface area contributed by atoms with Crippen molar-refractivity contribution in [3.8, 4) is 11.9 Å². The highest BCUT2D eigenvalue weighted by Gasteiger charge is 2.21. The summed E-state index contributed by atoms with van der Waals surface area (Å²) in [4.78, 5) is 40.6. The van der Waals surface area contributed by atoms with Crippen LogP contribution in [0.4, 0.5) is 17.1 Å². The Morgan fingerprint density at radius 1 is 1.07 bits per heavy atom. The second-order valence-electron chi connectivity index (χ2n) is 4.94. The maximum Gasteiger partial charge on any atom is 0.319 e. The fourth-order valence-electron chi connectivity index (χ4n) is 2.01.